The minimum Gasteiger partial charge on any atom is -0.481 e. The molecular formula is C17H21N3O3S. The topological polar surface area (TPSA) is 73.3 Å². The molecule has 3 rings (SSSR count). The van der Waals surface area contributed by atoms with Crippen molar-refractivity contribution in [3.8, 4) is 5.88 Å². The maximum absolute atomic E-state index is 12.7. The van der Waals surface area contributed by atoms with Crippen LogP contribution in [-0.2, 0) is 11.2 Å². The minimum absolute atomic E-state index is 0.142. The van der Waals surface area contributed by atoms with Crippen molar-refractivity contribution < 1.29 is 14.3 Å². The molecule has 0 aromatic carbocycles. The van der Waals surface area contributed by atoms with Crippen LogP contribution in [0.15, 0.2) is 12.1 Å². The highest BCUT2D eigenvalue weighted by atomic mass is 32.1. The van der Waals surface area contributed by atoms with E-state index in [-0.39, 0.29) is 5.91 Å². The molecule has 1 aliphatic rings. The highest BCUT2D eigenvalue weighted by molar-refractivity contribution is 7.14. The van der Waals surface area contributed by atoms with Gasteiger partial charge in [-0.25, -0.2) is 9.97 Å². The van der Waals surface area contributed by atoms with Crippen molar-refractivity contribution in [1.82, 2.24) is 9.97 Å². The molecule has 0 bridgehead atoms. The minimum atomic E-state index is -0.142. The summed E-state index contributed by atoms with van der Waals surface area (Å²) in [5.74, 6) is 0.711. The summed E-state index contributed by atoms with van der Waals surface area (Å²) in [6, 6.07) is 3.57. The zero-order chi connectivity index (χ0) is 17.1. The molecular weight excluding hydrogens is 326 g/mol. The van der Waals surface area contributed by atoms with Crippen molar-refractivity contribution in [1.29, 1.82) is 0 Å². The second-order valence-corrected chi connectivity index (χ2v) is 6.71. The van der Waals surface area contributed by atoms with Crippen LogP contribution in [0.5, 0.6) is 5.88 Å². The molecule has 24 heavy (non-hydrogen) atoms. The Morgan fingerprint density at radius 2 is 2.29 bits per heavy atom. The van der Waals surface area contributed by atoms with Gasteiger partial charge in [0.2, 0.25) is 5.88 Å². The lowest BCUT2D eigenvalue weighted by molar-refractivity contribution is 0.102. The Kier molecular flexibility index (Phi) is 5.11. The third-order valence-corrected chi connectivity index (χ3v) is 5.36. The average molecular weight is 347 g/mol. The summed E-state index contributed by atoms with van der Waals surface area (Å²) in [4.78, 5) is 22.3. The third kappa shape index (κ3) is 3.42. The van der Waals surface area contributed by atoms with E-state index in [0.29, 0.717) is 35.4 Å². The molecule has 1 aliphatic heterocycles. The molecule has 1 amide bonds. The SMILES string of the molecule is CCc1nc(OC)ccc1NC(=O)c1sc(C2CCOC2)nc1C. The fraction of sp³-hybridized carbons (Fsp3) is 0.471. The lowest BCUT2D eigenvalue weighted by Gasteiger charge is -2.10. The molecule has 1 atom stereocenters. The van der Waals surface area contributed by atoms with Gasteiger partial charge in [0.25, 0.3) is 5.91 Å². The molecule has 0 aliphatic carbocycles. The maximum Gasteiger partial charge on any atom is 0.267 e. The number of rotatable bonds is 5. The van der Waals surface area contributed by atoms with Gasteiger partial charge in [-0.15, -0.1) is 11.3 Å². The maximum atomic E-state index is 12.7. The monoisotopic (exact) mass is 347 g/mol. The number of amides is 1. The fourth-order valence-electron chi connectivity index (χ4n) is 2.69. The Morgan fingerprint density at radius 3 is 2.96 bits per heavy atom. The first-order chi connectivity index (χ1) is 11.6. The van der Waals surface area contributed by atoms with Crippen LogP contribution in [0, 0.1) is 6.92 Å². The molecule has 0 spiro atoms. The molecule has 1 unspecified atom stereocenters. The molecule has 2 aromatic rings. The Labute approximate surface area is 145 Å². The quantitative estimate of drug-likeness (QED) is 0.899. The molecule has 1 N–H and O–H groups in total. The van der Waals surface area contributed by atoms with Gasteiger partial charge in [-0.1, -0.05) is 6.92 Å². The normalized spacial score (nSPS) is 17.0. The lowest BCUT2D eigenvalue weighted by Crippen LogP contribution is -2.13. The number of nitrogens with zero attached hydrogens (tertiary/aromatic N) is 2. The van der Waals surface area contributed by atoms with Gasteiger partial charge in [0.05, 0.1) is 35.8 Å². The van der Waals surface area contributed by atoms with E-state index >= 15 is 0 Å². The first-order valence-corrected chi connectivity index (χ1v) is 8.84. The Bertz CT molecular complexity index is 739. The predicted molar refractivity (Wildman–Crippen MR) is 93.1 cm³/mol. The van der Waals surface area contributed by atoms with E-state index in [1.165, 1.54) is 11.3 Å². The van der Waals surface area contributed by atoms with Crippen molar-refractivity contribution in [2.24, 2.45) is 0 Å². The van der Waals surface area contributed by atoms with E-state index in [1.54, 1.807) is 13.2 Å². The molecule has 2 aromatic heterocycles. The summed E-state index contributed by atoms with van der Waals surface area (Å²) in [5.41, 5.74) is 2.27. The number of aromatic nitrogens is 2. The molecule has 7 heteroatoms. The summed E-state index contributed by atoms with van der Waals surface area (Å²) in [6.07, 6.45) is 1.68. The van der Waals surface area contributed by atoms with Crippen LogP contribution in [0.25, 0.3) is 0 Å². The number of ether oxygens (including phenoxy) is 2. The molecule has 128 valence electrons. The number of nitrogens with one attached hydrogen (secondary N) is 1. The van der Waals surface area contributed by atoms with E-state index in [0.717, 1.165) is 29.4 Å². The number of methoxy groups -OCH3 is 1. The number of carbonyl (C=O) groups excluding carboxylic acids is 1. The Balaban J connectivity index is 1.80. The van der Waals surface area contributed by atoms with Crippen LogP contribution in [-0.4, -0.2) is 36.2 Å². The number of carbonyl (C=O) groups is 1. The number of aryl methyl sites for hydroxylation is 2. The van der Waals surface area contributed by atoms with Gasteiger partial charge < -0.3 is 14.8 Å². The molecule has 0 saturated carbocycles. The summed E-state index contributed by atoms with van der Waals surface area (Å²) in [5, 5.41) is 3.94. The Hall–Kier alpha value is -1.99. The van der Waals surface area contributed by atoms with Crippen molar-refractivity contribution >= 4 is 22.9 Å². The second kappa shape index (κ2) is 7.27. The smallest absolute Gasteiger partial charge is 0.267 e. The summed E-state index contributed by atoms with van der Waals surface area (Å²) >= 11 is 1.46. The zero-order valence-electron chi connectivity index (χ0n) is 14.1. The van der Waals surface area contributed by atoms with Gasteiger partial charge >= 0.3 is 0 Å². The van der Waals surface area contributed by atoms with Crippen LogP contribution >= 0.6 is 11.3 Å². The number of hydrogen-bond acceptors (Lipinski definition) is 6. The standard InChI is InChI=1S/C17H21N3O3S/c1-4-12-13(5-6-14(19-12)22-3)20-16(21)15-10(2)18-17(24-15)11-7-8-23-9-11/h5-6,11H,4,7-9H2,1-3H3,(H,20,21). The molecule has 0 radical (unpaired) electrons. The van der Waals surface area contributed by atoms with Gasteiger partial charge in [0.1, 0.15) is 4.88 Å². The third-order valence-electron chi connectivity index (χ3n) is 4.04. The van der Waals surface area contributed by atoms with Gasteiger partial charge in [-0.3, -0.25) is 4.79 Å². The summed E-state index contributed by atoms with van der Waals surface area (Å²) in [7, 11) is 1.58. The second-order valence-electron chi connectivity index (χ2n) is 5.68. The average Bonchev–Trinajstić information content (AvgIpc) is 3.24. The first kappa shape index (κ1) is 16.9. The number of anilines is 1. The van der Waals surface area contributed by atoms with Crippen molar-refractivity contribution in [3.63, 3.8) is 0 Å². The van der Waals surface area contributed by atoms with E-state index in [2.05, 4.69) is 15.3 Å². The first-order valence-electron chi connectivity index (χ1n) is 8.02. The molecule has 1 fully saturated rings. The summed E-state index contributed by atoms with van der Waals surface area (Å²) in [6.45, 7) is 5.32. The molecule has 6 nitrogen and oxygen atoms in total. The fourth-order valence-corrected chi connectivity index (χ4v) is 3.77. The van der Waals surface area contributed by atoms with Crippen LogP contribution < -0.4 is 10.1 Å². The lowest BCUT2D eigenvalue weighted by atomic mass is 10.1. The van der Waals surface area contributed by atoms with Crippen LogP contribution in [0.2, 0.25) is 0 Å². The summed E-state index contributed by atoms with van der Waals surface area (Å²) < 4.78 is 10.6. The van der Waals surface area contributed by atoms with E-state index in [1.807, 2.05) is 19.9 Å². The highest BCUT2D eigenvalue weighted by Crippen LogP contribution is 2.31. The number of thiazole rings is 1. The number of hydrogen-bond donors (Lipinski definition) is 1. The van der Waals surface area contributed by atoms with Crippen molar-refractivity contribution in [2.75, 3.05) is 25.6 Å². The van der Waals surface area contributed by atoms with Crippen LogP contribution in [0.3, 0.4) is 0 Å². The van der Waals surface area contributed by atoms with Gasteiger partial charge in [0, 0.05) is 18.6 Å². The molecule has 3 heterocycles. The van der Waals surface area contributed by atoms with Gasteiger partial charge in [0.15, 0.2) is 0 Å². The molecule has 1 saturated heterocycles. The van der Waals surface area contributed by atoms with Crippen molar-refractivity contribution in [3.05, 3.63) is 33.4 Å². The van der Waals surface area contributed by atoms with Crippen LogP contribution in [0.4, 0.5) is 5.69 Å². The predicted octanol–water partition coefficient (Wildman–Crippen LogP) is 3.17. The largest absolute Gasteiger partial charge is 0.481 e. The van der Waals surface area contributed by atoms with Gasteiger partial charge in [-0.05, 0) is 25.8 Å². The highest BCUT2D eigenvalue weighted by Gasteiger charge is 2.24. The number of pyridine rings is 1. The van der Waals surface area contributed by atoms with Crippen LogP contribution in [0.1, 0.15) is 45.3 Å². The zero-order valence-corrected chi connectivity index (χ0v) is 14.9. The van der Waals surface area contributed by atoms with E-state index < -0.39 is 0 Å². The van der Waals surface area contributed by atoms with E-state index in [4.69, 9.17) is 9.47 Å². The van der Waals surface area contributed by atoms with Crippen molar-refractivity contribution in [2.45, 2.75) is 32.6 Å². The van der Waals surface area contributed by atoms with Gasteiger partial charge in [-0.2, -0.15) is 0 Å². The Morgan fingerprint density at radius 1 is 1.46 bits per heavy atom. The van der Waals surface area contributed by atoms with E-state index in [9.17, 15) is 4.79 Å².